The van der Waals surface area contributed by atoms with Gasteiger partial charge in [-0.25, -0.2) is 14.6 Å². The summed E-state index contributed by atoms with van der Waals surface area (Å²) in [5.74, 6) is 1.38. The van der Waals surface area contributed by atoms with Crippen LogP contribution < -0.4 is 20.7 Å². The molecule has 4 rings (SSSR count). The van der Waals surface area contributed by atoms with Crippen molar-refractivity contribution in [3.05, 3.63) is 71.8 Å². The van der Waals surface area contributed by atoms with Crippen LogP contribution in [0.25, 0.3) is 11.0 Å². The summed E-state index contributed by atoms with van der Waals surface area (Å²) in [7, 11) is 1.28. The molecule has 4 aromatic rings. The molecule has 33 heavy (non-hydrogen) atoms. The predicted octanol–water partition coefficient (Wildman–Crippen LogP) is 5.79. The molecular weight excluding hydrogens is 422 g/mol. The number of nitrogens with one attached hydrogen (secondary N) is 4. The topological polar surface area (TPSA) is 117 Å². The van der Waals surface area contributed by atoms with E-state index in [4.69, 9.17) is 4.74 Å². The first kappa shape index (κ1) is 21.7. The second kappa shape index (κ2) is 9.31. The maximum absolute atomic E-state index is 12.4. The number of imidazole rings is 1. The van der Waals surface area contributed by atoms with Gasteiger partial charge in [0.2, 0.25) is 5.95 Å². The van der Waals surface area contributed by atoms with E-state index in [9.17, 15) is 9.59 Å². The minimum Gasteiger partial charge on any atom is -0.457 e. The van der Waals surface area contributed by atoms with Gasteiger partial charge in [-0.05, 0) is 55.3 Å². The summed E-state index contributed by atoms with van der Waals surface area (Å²) in [6.07, 6.45) is -0.614. The number of rotatable bonds is 5. The number of fused-ring (bicyclic) bond motifs is 1. The second-order valence-corrected chi connectivity index (χ2v) is 7.34. The number of hydrogen-bond donors (Lipinski definition) is 4. The van der Waals surface area contributed by atoms with Crippen molar-refractivity contribution in [1.29, 1.82) is 0 Å². The number of aromatic nitrogens is 2. The van der Waals surface area contributed by atoms with Gasteiger partial charge in [0.25, 0.3) is 0 Å². The maximum Gasteiger partial charge on any atom is 0.413 e. The van der Waals surface area contributed by atoms with E-state index in [0.717, 1.165) is 16.8 Å². The van der Waals surface area contributed by atoms with Crippen LogP contribution in [-0.4, -0.2) is 29.2 Å². The summed E-state index contributed by atoms with van der Waals surface area (Å²) >= 11 is 0. The van der Waals surface area contributed by atoms with Crippen molar-refractivity contribution in [2.75, 3.05) is 23.1 Å². The summed E-state index contributed by atoms with van der Waals surface area (Å²) in [6, 6.07) is 17.8. The van der Waals surface area contributed by atoms with Crippen molar-refractivity contribution in [2.45, 2.75) is 13.8 Å². The van der Waals surface area contributed by atoms with Crippen LogP contribution in [0.4, 0.5) is 26.9 Å². The van der Waals surface area contributed by atoms with Crippen LogP contribution in [0.3, 0.4) is 0 Å². The lowest BCUT2D eigenvalue weighted by Gasteiger charge is -2.12. The quantitative estimate of drug-likeness (QED) is 0.310. The van der Waals surface area contributed by atoms with Crippen molar-refractivity contribution < 1.29 is 19.1 Å². The Labute approximate surface area is 190 Å². The molecule has 3 amide bonds. The Bertz CT molecular complexity index is 1330. The molecule has 0 atom stereocenters. The fourth-order valence-electron chi connectivity index (χ4n) is 3.20. The van der Waals surface area contributed by atoms with Crippen molar-refractivity contribution >= 4 is 40.5 Å². The molecule has 0 bridgehead atoms. The molecule has 0 aliphatic carbocycles. The van der Waals surface area contributed by atoms with Crippen LogP contribution in [0.1, 0.15) is 11.1 Å². The van der Waals surface area contributed by atoms with Crippen molar-refractivity contribution in [2.24, 2.45) is 0 Å². The number of urea groups is 1. The zero-order valence-electron chi connectivity index (χ0n) is 18.4. The Kier molecular flexibility index (Phi) is 6.12. The maximum atomic E-state index is 12.4. The van der Waals surface area contributed by atoms with E-state index < -0.39 is 6.09 Å². The number of aromatic amines is 1. The molecule has 0 radical (unpaired) electrons. The molecule has 3 aromatic carbocycles. The van der Waals surface area contributed by atoms with E-state index >= 15 is 0 Å². The molecule has 1 heterocycles. The molecule has 0 spiro atoms. The molecule has 9 nitrogen and oxygen atoms in total. The van der Waals surface area contributed by atoms with Crippen LogP contribution in [0, 0.1) is 13.8 Å². The standard InChI is InChI=1S/C24H23N5O4/c1-14-6-4-9-19(15(14)2)28-23(30)25-16-7-5-8-17(12-16)33-18-10-11-20-21(13-18)27-22(26-20)29-24(31)32-3/h4-13H,1-3H3,(H2,25,28,30)(H2,26,27,29,31). The molecular formula is C24H23N5O4. The molecule has 0 saturated carbocycles. The number of ether oxygens (including phenoxy) is 2. The van der Waals surface area contributed by atoms with Gasteiger partial charge in [0.05, 0.1) is 18.1 Å². The number of anilines is 3. The molecule has 0 fully saturated rings. The average molecular weight is 445 g/mol. The number of nitrogens with zero attached hydrogens (tertiary/aromatic N) is 1. The molecule has 9 heteroatoms. The highest BCUT2D eigenvalue weighted by Crippen LogP contribution is 2.27. The van der Waals surface area contributed by atoms with E-state index in [1.54, 1.807) is 42.5 Å². The number of benzene rings is 3. The Morgan fingerprint density at radius 2 is 1.70 bits per heavy atom. The first-order valence-corrected chi connectivity index (χ1v) is 10.2. The van der Waals surface area contributed by atoms with Crippen LogP contribution in [0.5, 0.6) is 11.5 Å². The number of amides is 3. The largest absolute Gasteiger partial charge is 0.457 e. The van der Waals surface area contributed by atoms with Gasteiger partial charge in [0.15, 0.2) is 0 Å². The molecule has 1 aromatic heterocycles. The predicted molar refractivity (Wildman–Crippen MR) is 127 cm³/mol. The molecule has 0 unspecified atom stereocenters. The van der Waals surface area contributed by atoms with Gasteiger partial charge in [-0.2, -0.15) is 0 Å². The third-order valence-electron chi connectivity index (χ3n) is 5.04. The van der Waals surface area contributed by atoms with Gasteiger partial charge < -0.3 is 25.1 Å². The fraction of sp³-hybridized carbons (Fsp3) is 0.125. The first-order valence-electron chi connectivity index (χ1n) is 10.2. The van der Waals surface area contributed by atoms with Crippen molar-refractivity contribution in [3.8, 4) is 11.5 Å². The number of carbonyl (C=O) groups excluding carboxylic acids is 2. The summed E-state index contributed by atoms with van der Waals surface area (Å²) in [4.78, 5) is 31.1. The number of H-pyrrole nitrogens is 1. The highest BCUT2D eigenvalue weighted by atomic mass is 16.5. The lowest BCUT2D eigenvalue weighted by molar-refractivity contribution is 0.186. The van der Waals surface area contributed by atoms with E-state index in [2.05, 4.69) is 30.7 Å². The highest BCUT2D eigenvalue weighted by Gasteiger charge is 2.10. The summed E-state index contributed by atoms with van der Waals surface area (Å²) < 4.78 is 10.5. The molecule has 0 aliphatic heterocycles. The smallest absolute Gasteiger partial charge is 0.413 e. The monoisotopic (exact) mass is 445 g/mol. The fourth-order valence-corrected chi connectivity index (χ4v) is 3.20. The Balaban J connectivity index is 1.44. The Morgan fingerprint density at radius 3 is 2.52 bits per heavy atom. The van der Waals surface area contributed by atoms with Gasteiger partial charge in [-0.3, -0.25) is 5.32 Å². The summed E-state index contributed by atoms with van der Waals surface area (Å²) in [6.45, 7) is 3.96. The SMILES string of the molecule is COC(=O)Nc1nc2ccc(Oc3cccc(NC(=O)Nc4cccc(C)c4C)c3)cc2[nH]1. The Morgan fingerprint density at radius 1 is 0.909 bits per heavy atom. The van der Waals surface area contributed by atoms with Gasteiger partial charge in [-0.15, -0.1) is 0 Å². The van der Waals surface area contributed by atoms with E-state index in [-0.39, 0.29) is 12.0 Å². The number of hydrogen-bond acceptors (Lipinski definition) is 5. The van der Waals surface area contributed by atoms with Gasteiger partial charge in [-0.1, -0.05) is 18.2 Å². The van der Waals surface area contributed by atoms with Crippen LogP contribution >= 0.6 is 0 Å². The molecule has 0 aliphatic rings. The normalized spacial score (nSPS) is 10.5. The van der Waals surface area contributed by atoms with Crippen LogP contribution in [0.2, 0.25) is 0 Å². The van der Waals surface area contributed by atoms with Gasteiger partial charge in [0, 0.05) is 23.5 Å². The van der Waals surface area contributed by atoms with Gasteiger partial charge >= 0.3 is 12.1 Å². The second-order valence-electron chi connectivity index (χ2n) is 7.34. The molecule has 4 N–H and O–H groups in total. The highest BCUT2D eigenvalue weighted by molar-refractivity contribution is 6.00. The van der Waals surface area contributed by atoms with E-state index in [1.807, 2.05) is 32.0 Å². The number of aryl methyl sites for hydroxylation is 1. The van der Waals surface area contributed by atoms with Gasteiger partial charge in [0.1, 0.15) is 11.5 Å². The zero-order valence-corrected chi connectivity index (χ0v) is 18.4. The number of methoxy groups -OCH3 is 1. The molecule has 168 valence electrons. The van der Waals surface area contributed by atoms with Crippen molar-refractivity contribution in [1.82, 2.24) is 9.97 Å². The lowest BCUT2D eigenvalue weighted by Crippen LogP contribution is -2.20. The Hall–Kier alpha value is -4.53. The zero-order chi connectivity index (χ0) is 23.4. The minimum atomic E-state index is -0.614. The molecule has 0 saturated heterocycles. The van der Waals surface area contributed by atoms with Crippen LogP contribution in [-0.2, 0) is 4.74 Å². The third-order valence-corrected chi connectivity index (χ3v) is 5.04. The third kappa shape index (κ3) is 5.21. The first-order chi connectivity index (χ1) is 15.9. The average Bonchev–Trinajstić information content (AvgIpc) is 3.18. The van der Waals surface area contributed by atoms with E-state index in [0.29, 0.717) is 28.2 Å². The lowest BCUT2D eigenvalue weighted by atomic mass is 10.1. The van der Waals surface area contributed by atoms with Crippen molar-refractivity contribution in [3.63, 3.8) is 0 Å². The minimum absolute atomic E-state index is 0.273. The van der Waals surface area contributed by atoms with E-state index in [1.165, 1.54) is 7.11 Å². The van der Waals surface area contributed by atoms with Crippen LogP contribution in [0.15, 0.2) is 60.7 Å². The summed E-state index contributed by atoms with van der Waals surface area (Å²) in [5.41, 5.74) is 4.80. The number of carbonyl (C=O) groups is 2. The summed E-state index contributed by atoms with van der Waals surface area (Å²) in [5, 5.41) is 8.17.